The Balaban J connectivity index is 1.30. The molecule has 2 aromatic carbocycles. The molecule has 10 heteroatoms. The highest BCUT2D eigenvalue weighted by Crippen LogP contribution is 2.23. The van der Waals surface area contributed by atoms with E-state index in [1.807, 2.05) is 12.3 Å². The second-order valence-electron chi connectivity index (χ2n) is 8.99. The minimum absolute atomic E-state index is 0.0497. The van der Waals surface area contributed by atoms with E-state index < -0.39 is 4.92 Å². The minimum atomic E-state index is -0.405. The summed E-state index contributed by atoms with van der Waals surface area (Å²) in [7, 11) is 0. The minimum Gasteiger partial charge on any atom is -0.494 e. The van der Waals surface area contributed by atoms with Crippen molar-refractivity contribution in [3.63, 3.8) is 0 Å². The number of rotatable bonds is 14. The summed E-state index contributed by atoms with van der Waals surface area (Å²) in [6.07, 6.45) is 8.24. The van der Waals surface area contributed by atoms with Crippen molar-refractivity contribution in [1.29, 1.82) is 5.26 Å². The number of nitro groups is 1. The topological polar surface area (TPSA) is 128 Å². The molecule has 0 aliphatic carbocycles. The highest BCUT2D eigenvalue weighted by atomic mass is 16.6. The summed E-state index contributed by atoms with van der Waals surface area (Å²) in [6.45, 7) is 5.65. The number of aliphatic imine (C=N–C) groups is 1. The number of piperidine rings is 1. The third-order valence-corrected chi connectivity index (χ3v) is 6.08. The fourth-order valence-electron chi connectivity index (χ4n) is 4.20. The lowest BCUT2D eigenvalue weighted by Crippen LogP contribution is -2.35. The van der Waals surface area contributed by atoms with Crippen LogP contribution in [0.4, 0.5) is 11.4 Å². The maximum atomic E-state index is 11.1. The van der Waals surface area contributed by atoms with Crippen LogP contribution < -0.4 is 20.7 Å². The average Bonchev–Trinajstić information content (AvgIpc) is 2.91. The Morgan fingerprint density at radius 2 is 1.92 bits per heavy atom. The number of likely N-dealkylation sites (tertiary alicyclic amines) is 1. The van der Waals surface area contributed by atoms with Crippen LogP contribution in [0.2, 0.25) is 0 Å². The molecular weight excluding hydrogens is 470 g/mol. The quantitative estimate of drug-likeness (QED) is 0.0658. The van der Waals surface area contributed by atoms with Gasteiger partial charge in [-0.2, -0.15) is 5.26 Å². The number of nitrogens with zero attached hydrogens (tertiary/aromatic N) is 4. The van der Waals surface area contributed by atoms with E-state index >= 15 is 0 Å². The molecule has 10 nitrogen and oxygen atoms in total. The first-order chi connectivity index (χ1) is 18.2. The second-order valence-corrected chi connectivity index (χ2v) is 8.99. The standard InChI is InChI=1S/C27H37N7O3/c28-22-32-27(31-16-9-15-29-25-12-2-3-13-26(25)34(35)36)30-14-4-7-19-37-24-11-8-10-23(20-24)21-33-17-5-1-6-18-33/h2-3,8,10-13,20,29H,1,4-7,9,14-19,21H2,(H2,30,31,32). The van der Waals surface area contributed by atoms with Crippen molar-refractivity contribution in [2.75, 3.05) is 44.6 Å². The van der Waals surface area contributed by atoms with Gasteiger partial charge < -0.3 is 15.4 Å². The van der Waals surface area contributed by atoms with Gasteiger partial charge in [-0.05, 0) is 69.0 Å². The Bertz CT molecular complexity index is 1050. The summed E-state index contributed by atoms with van der Waals surface area (Å²) in [5.74, 6) is 1.34. The lowest BCUT2D eigenvalue weighted by Gasteiger charge is -2.26. The summed E-state index contributed by atoms with van der Waals surface area (Å²) in [6, 6.07) is 14.9. The number of nitriles is 1. The van der Waals surface area contributed by atoms with E-state index in [4.69, 9.17) is 10.00 Å². The Labute approximate surface area is 218 Å². The Kier molecular flexibility index (Phi) is 12.0. The van der Waals surface area contributed by atoms with Crippen molar-refractivity contribution in [1.82, 2.24) is 15.5 Å². The van der Waals surface area contributed by atoms with Crippen LogP contribution in [0.1, 0.15) is 44.1 Å². The number of anilines is 1. The zero-order valence-electron chi connectivity index (χ0n) is 21.3. The largest absolute Gasteiger partial charge is 0.494 e. The molecule has 0 bridgehead atoms. The predicted molar refractivity (Wildman–Crippen MR) is 146 cm³/mol. The third kappa shape index (κ3) is 10.4. The van der Waals surface area contributed by atoms with E-state index in [-0.39, 0.29) is 5.69 Å². The molecule has 2 aromatic rings. The molecule has 0 amide bonds. The van der Waals surface area contributed by atoms with E-state index in [0.717, 1.165) is 25.1 Å². The molecule has 0 saturated carbocycles. The monoisotopic (exact) mass is 507 g/mol. The first-order valence-corrected chi connectivity index (χ1v) is 13.0. The summed E-state index contributed by atoms with van der Waals surface area (Å²) in [4.78, 5) is 17.6. The van der Waals surface area contributed by atoms with Gasteiger partial charge in [-0.25, -0.2) is 0 Å². The number of unbranched alkanes of at least 4 members (excludes halogenated alkanes) is 1. The highest BCUT2D eigenvalue weighted by molar-refractivity contribution is 5.81. The van der Waals surface area contributed by atoms with Crippen molar-refractivity contribution < 1.29 is 9.66 Å². The van der Waals surface area contributed by atoms with Crippen LogP contribution in [-0.2, 0) is 6.54 Å². The molecule has 37 heavy (non-hydrogen) atoms. The van der Waals surface area contributed by atoms with E-state index in [0.29, 0.717) is 44.3 Å². The number of benzene rings is 2. The molecule has 0 spiro atoms. The molecule has 3 rings (SSSR count). The number of guanidine groups is 1. The normalized spacial score (nSPS) is 14.0. The molecule has 0 atom stereocenters. The van der Waals surface area contributed by atoms with E-state index in [9.17, 15) is 10.1 Å². The molecule has 198 valence electrons. The lowest BCUT2D eigenvalue weighted by atomic mass is 10.1. The molecular formula is C27H37N7O3. The van der Waals surface area contributed by atoms with Crippen molar-refractivity contribution in [2.45, 2.75) is 45.1 Å². The van der Waals surface area contributed by atoms with Gasteiger partial charge in [-0.1, -0.05) is 30.7 Å². The second kappa shape index (κ2) is 16.0. The maximum absolute atomic E-state index is 11.1. The third-order valence-electron chi connectivity index (χ3n) is 6.08. The zero-order chi connectivity index (χ0) is 26.1. The number of nitrogens with one attached hydrogen (secondary N) is 3. The van der Waals surface area contributed by atoms with Crippen molar-refractivity contribution >= 4 is 17.3 Å². The van der Waals surface area contributed by atoms with Crippen LogP contribution in [-0.4, -0.2) is 55.1 Å². The molecule has 1 aliphatic heterocycles. The Hall–Kier alpha value is -3.84. The van der Waals surface area contributed by atoms with Crippen LogP contribution in [0.15, 0.2) is 53.5 Å². The smallest absolute Gasteiger partial charge is 0.292 e. The molecule has 0 radical (unpaired) electrons. The van der Waals surface area contributed by atoms with E-state index in [2.05, 4.69) is 44.0 Å². The first kappa shape index (κ1) is 27.7. The Morgan fingerprint density at radius 3 is 2.73 bits per heavy atom. The lowest BCUT2D eigenvalue weighted by molar-refractivity contribution is -0.384. The van der Waals surface area contributed by atoms with E-state index in [1.165, 1.54) is 44.0 Å². The molecule has 0 aromatic heterocycles. The maximum Gasteiger partial charge on any atom is 0.292 e. The predicted octanol–water partition coefficient (Wildman–Crippen LogP) is 4.26. The SMILES string of the molecule is N#CNC(=NCCCNc1ccccc1[N+](=O)[O-])NCCCCOc1cccc(CN2CCCCC2)c1. The van der Waals surface area contributed by atoms with E-state index in [1.54, 1.807) is 18.2 Å². The number of nitro benzene ring substituents is 1. The molecule has 1 heterocycles. The summed E-state index contributed by atoms with van der Waals surface area (Å²) in [5, 5.41) is 28.9. The summed E-state index contributed by atoms with van der Waals surface area (Å²) >= 11 is 0. The zero-order valence-corrected chi connectivity index (χ0v) is 21.3. The van der Waals surface area contributed by atoms with Crippen LogP contribution in [0.5, 0.6) is 5.75 Å². The molecule has 0 unspecified atom stereocenters. The van der Waals surface area contributed by atoms with Crippen molar-refractivity contribution in [3.05, 3.63) is 64.2 Å². The Morgan fingerprint density at radius 1 is 1.08 bits per heavy atom. The number of hydrogen-bond acceptors (Lipinski definition) is 7. The van der Waals surface area contributed by atoms with Gasteiger partial charge in [0.2, 0.25) is 5.96 Å². The van der Waals surface area contributed by atoms with Crippen LogP contribution in [0, 0.1) is 21.6 Å². The van der Waals surface area contributed by atoms with Gasteiger partial charge in [0.15, 0.2) is 6.19 Å². The number of para-hydroxylation sites is 2. The van der Waals surface area contributed by atoms with Crippen molar-refractivity contribution in [3.8, 4) is 11.9 Å². The van der Waals surface area contributed by atoms with Gasteiger partial charge in [-0.3, -0.25) is 25.3 Å². The summed E-state index contributed by atoms with van der Waals surface area (Å²) in [5.41, 5.74) is 1.83. The van der Waals surface area contributed by atoms with Crippen molar-refractivity contribution in [2.24, 2.45) is 4.99 Å². The van der Waals surface area contributed by atoms with Gasteiger partial charge in [-0.15, -0.1) is 0 Å². The number of ether oxygens (including phenoxy) is 1. The van der Waals surface area contributed by atoms with Gasteiger partial charge in [0.25, 0.3) is 5.69 Å². The summed E-state index contributed by atoms with van der Waals surface area (Å²) < 4.78 is 5.95. The fraction of sp³-hybridized carbons (Fsp3) is 0.481. The molecule has 3 N–H and O–H groups in total. The first-order valence-electron chi connectivity index (χ1n) is 13.0. The average molecular weight is 508 g/mol. The molecule has 1 fully saturated rings. The molecule has 1 saturated heterocycles. The molecule has 1 aliphatic rings. The van der Waals surface area contributed by atoms with Crippen LogP contribution >= 0.6 is 0 Å². The number of hydrogen-bond donors (Lipinski definition) is 3. The van der Waals surface area contributed by atoms with Gasteiger partial charge in [0, 0.05) is 32.2 Å². The van der Waals surface area contributed by atoms with Gasteiger partial charge >= 0.3 is 0 Å². The van der Waals surface area contributed by atoms with Crippen LogP contribution in [0.25, 0.3) is 0 Å². The van der Waals surface area contributed by atoms with Crippen LogP contribution in [0.3, 0.4) is 0 Å². The van der Waals surface area contributed by atoms with Gasteiger partial charge in [0.1, 0.15) is 11.4 Å². The fourth-order valence-corrected chi connectivity index (χ4v) is 4.20. The highest BCUT2D eigenvalue weighted by Gasteiger charge is 2.12. The van der Waals surface area contributed by atoms with Gasteiger partial charge in [0.05, 0.1) is 11.5 Å².